The topological polar surface area (TPSA) is 67.4 Å². The summed E-state index contributed by atoms with van der Waals surface area (Å²) in [6.07, 6.45) is 4.84. The van der Waals surface area contributed by atoms with Gasteiger partial charge in [0.25, 0.3) is 0 Å². The van der Waals surface area contributed by atoms with Gasteiger partial charge in [-0.3, -0.25) is 14.9 Å². The Morgan fingerprint density at radius 1 is 1.38 bits per heavy atom. The number of rotatable bonds is 3. The minimum Gasteiger partial charge on any atom is -0.464 e. The van der Waals surface area contributed by atoms with Gasteiger partial charge in [0.15, 0.2) is 0 Å². The summed E-state index contributed by atoms with van der Waals surface area (Å²) in [6, 6.07) is -0.376. The van der Waals surface area contributed by atoms with E-state index in [1.165, 1.54) is 25.7 Å². The first-order valence-corrected chi connectivity index (χ1v) is 5.92. The van der Waals surface area contributed by atoms with Gasteiger partial charge < -0.3 is 10.1 Å². The number of nitrogens with one attached hydrogen (secondary N) is 2. The van der Waals surface area contributed by atoms with Gasteiger partial charge in [-0.2, -0.15) is 0 Å². The molecule has 1 aliphatic heterocycles. The molecule has 1 amide bonds. The van der Waals surface area contributed by atoms with E-state index in [0.29, 0.717) is 19.1 Å². The average molecular weight is 226 g/mol. The van der Waals surface area contributed by atoms with Crippen molar-refractivity contribution >= 4 is 11.9 Å². The van der Waals surface area contributed by atoms with Crippen LogP contribution in [0.25, 0.3) is 0 Å². The van der Waals surface area contributed by atoms with E-state index in [1.807, 2.05) is 0 Å². The van der Waals surface area contributed by atoms with Crippen molar-refractivity contribution < 1.29 is 14.3 Å². The number of carbonyl (C=O) groups is 2. The second-order valence-corrected chi connectivity index (χ2v) is 4.52. The van der Waals surface area contributed by atoms with Crippen LogP contribution in [0.3, 0.4) is 0 Å². The molecule has 5 nitrogen and oxygen atoms in total. The van der Waals surface area contributed by atoms with Crippen LogP contribution in [-0.4, -0.2) is 37.6 Å². The summed E-state index contributed by atoms with van der Waals surface area (Å²) < 4.78 is 5.25. The van der Waals surface area contributed by atoms with E-state index in [9.17, 15) is 9.59 Å². The highest BCUT2D eigenvalue weighted by Gasteiger charge is 2.26. The Kier molecular flexibility index (Phi) is 3.77. The molecule has 1 saturated carbocycles. The first kappa shape index (κ1) is 11.4. The summed E-state index contributed by atoms with van der Waals surface area (Å²) in [4.78, 5) is 22.5. The predicted octanol–water partition coefficient (Wildman–Crippen LogP) is -0.192. The lowest BCUT2D eigenvalue weighted by atomic mass is 10.1. The van der Waals surface area contributed by atoms with Crippen LogP contribution in [0.5, 0.6) is 0 Å². The van der Waals surface area contributed by atoms with Crippen LogP contribution < -0.4 is 10.6 Å². The first-order valence-electron chi connectivity index (χ1n) is 5.92. The van der Waals surface area contributed by atoms with Gasteiger partial charge in [0.05, 0.1) is 13.2 Å². The molecule has 1 saturated heterocycles. The van der Waals surface area contributed by atoms with E-state index < -0.39 is 0 Å². The molecule has 90 valence electrons. The molecule has 2 rings (SSSR count). The number of amides is 1. The van der Waals surface area contributed by atoms with Gasteiger partial charge in [0, 0.05) is 6.54 Å². The monoisotopic (exact) mass is 226 g/mol. The Balaban J connectivity index is 1.68. The molecular weight excluding hydrogens is 208 g/mol. The van der Waals surface area contributed by atoms with Gasteiger partial charge in [0.1, 0.15) is 6.04 Å². The fraction of sp³-hybridized carbons (Fsp3) is 0.818. The van der Waals surface area contributed by atoms with Crippen LogP contribution in [0.15, 0.2) is 0 Å². The van der Waals surface area contributed by atoms with E-state index in [4.69, 9.17) is 4.74 Å². The molecular formula is C11H18N2O3. The van der Waals surface area contributed by atoms with E-state index >= 15 is 0 Å². The van der Waals surface area contributed by atoms with E-state index in [-0.39, 0.29) is 24.5 Å². The van der Waals surface area contributed by atoms with Gasteiger partial charge in [-0.1, -0.05) is 12.8 Å². The number of hydrogen-bond donors (Lipinski definition) is 2. The van der Waals surface area contributed by atoms with Crippen molar-refractivity contribution in [1.29, 1.82) is 0 Å². The van der Waals surface area contributed by atoms with Crippen LogP contribution in [0.4, 0.5) is 0 Å². The minimum absolute atomic E-state index is 0.0696. The zero-order chi connectivity index (χ0) is 11.4. The molecule has 0 aromatic carbocycles. The molecule has 1 atom stereocenters. The second kappa shape index (κ2) is 5.30. The summed E-state index contributed by atoms with van der Waals surface area (Å²) >= 11 is 0. The first-order chi connectivity index (χ1) is 7.75. The van der Waals surface area contributed by atoms with Gasteiger partial charge in [-0.25, -0.2) is 0 Å². The quantitative estimate of drug-likeness (QED) is 0.654. The molecule has 1 unspecified atom stereocenters. The Labute approximate surface area is 94.9 Å². The fourth-order valence-electron chi connectivity index (χ4n) is 2.21. The largest absolute Gasteiger partial charge is 0.464 e. The van der Waals surface area contributed by atoms with Crippen molar-refractivity contribution in [2.24, 2.45) is 5.92 Å². The van der Waals surface area contributed by atoms with Crippen molar-refractivity contribution in [1.82, 2.24) is 10.6 Å². The maximum atomic E-state index is 11.6. The van der Waals surface area contributed by atoms with E-state index in [2.05, 4.69) is 10.6 Å². The zero-order valence-electron chi connectivity index (χ0n) is 9.33. The fourth-order valence-corrected chi connectivity index (χ4v) is 2.21. The molecule has 16 heavy (non-hydrogen) atoms. The van der Waals surface area contributed by atoms with E-state index in [0.717, 1.165) is 0 Å². The summed E-state index contributed by atoms with van der Waals surface area (Å²) in [5.74, 6) is 0.230. The maximum absolute atomic E-state index is 11.6. The van der Waals surface area contributed by atoms with Gasteiger partial charge in [-0.15, -0.1) is 0 Å². The number of carbonyl (C=O) groups excluding carboxylic acids is 2. The van der Waals surface area contributed by atoms with Crippen LogP contribution in [-0.2, 0) is 14.3 Å². The third-order valence-electron chi connectivity index (χ3n) is 3.23. The molecule has 5 heteroatoms. The zero-order valence-corrected chi connectivity index (χ0v) is 9.33. The minimum atomic E-state index is -0.376. The van der Waals surface area contributed by atoms with Gasteiger partial charge in [-0.05, 0) is 18.8 Å². The third-order valence-corrected chi connectivity index (χ3v) is 3.23. The number of hydrogen-bond acceptors (Lipinski definition) is 4. The van der Waals surface area contributed by atoms with Crippen LogP contribution in [0.1, 0.15) is 25.7 Å². The lowest BCUT2D eigenvalue weighted by molar-refractivity contribution is -0.148. The van der Waals surface area contributed by atoms with Gasteiger partial charge >= 0.3 is 5.97 Å². The maximum Gasteiger partial charge on any atom is 0.324 e. The number of esters is 1. The second-order valence-electron chi connectivity index (χ2n) is 4.52. The van der Waals surface area contributed by atoms with Gasteiger partial charge in [0.2, 0.25) is 5.91 Å². The molecule has 0 radical (unpaired) electrons. The summed E-state index contributed by atoms with van der Waals surface area (Å²) in [7, 11) is 0. The Bertz CT molecular complexity index is 264. The van der Waals surface area contributed by atoms with Crippen LogP contribution in [0, 0.1) is 5.92 Å². The molecule has 0 spiro atoms. The SMILES string of the molecule is O=C1CNC(C(=O)OCC2CCCC2)CN1. The van der Waals surface area contributed by atoms with Crippen molar-refractivity contribution in [2.45, 2.75) is 31.7 Å². The van der Waals surface area contributed by atoms with Crippen molar-refractivity contribution in [2.75, 3.05) is 19.7 Å². The lowest BCUT2D eigenvalue weighted by Crippen LogP contribution is -2.55. The normalized spacial score (nSPS) is 26.5. The van der Waals surface area contributed by atoms with Crippen molar-refractivity contribution in [3.05, 3.63) is 0 Å². The smallest absolute Gasteiger partial charge is 0.324 e. The highest BCUT2D eigenvalue weighted by molar-refractivity contribution is 5.83. The average Bonchev–Trinajstić information content (AvgIpc) is 2.80. The predicted molar refractivity (Wildman–Crippen MR) is 57.7 cm³/mol. The standard InChI is InChI=1S/C11H18N2O3/c14-10-6-12-9(5-13-10)11(15)16-7-8-3-1-2-4-8/h8-9,12H,1-7H2,(H,13,14). The molecule has 0 aromatic heterocycles. The Morgan fingerprint density at radius 3 is 2.75 bits per heavy atom. The highest BCUT2D eigenvalue weighted by Crippen LogP contribution is 2.24. The number of ether oxygens (including phenoxy) is 1. The molecule has 2 fully saturated rings. The summed E-state index contributed by atoms with van der Waals surface area (Å²) in [5.41, 5.74) is 0. The molecule has 2 N–H and O–H groups in total. The van der Waals surface area contributed by atoms with Crippen LogP contribution >= 0.6 is 0 Å². The third kappa shape index (κ3) is 2.95. The van der Waals surface area contributed by atoms with Crippen molar-refractivity contribution in [3.8, 4) is 0 Å². The summed E-state index contributed by atoms with van der Waals surface area (Å²) in [5, 5.41) is 5.50. The van der Waals surface area contributed by atoms with Crippen LogP contribution in [0.2, 0.25) is 0 Å². The molecule has 2 aliphatic rings. The molecule has 1 heterocycles. The van der Waals surface area contributed by atoms with Crippen molar-refractivity contribution in [3.63, 3.8) is 0 Å². The Morgan fingerprint density at radius 2 is 2.12 bits per heavy atom. The molecule has 1 aliphatic carbocycles. The van der Waals surface area contributed by atoms with E-state index in [1.54, 1.807) is 0 Å². The molecule has 0 bridgehead atoms. The number of piperazine rings is 1. The molecule has 0 aromatic rings. The summed E-state index contributed by atoms with van der Waals surface area (Å²) in [6.45, 7) is 1.07. The lowest BCUT2D eigenvalue weighted by Gasteiger charge is -2.23. The Hall–Kier alpha value is -1.10. The highest BCUT2D eigenvalue weighted by atomic mass is 16.5.